The van der Waals surface area contributed by atoms with E-state index in [9.17, 15) is 0 Å². The topological polar surface area (TPSA) is 49.8 Å². The summed E-state index contributed by atoms with van der Waals surface area (Å²) in [5, 5.41) is 1.26. The molecule has 0 radical (unpaired) electrons. The Balaban J connectivity index is 2.13. The molecule has 1 aromatic carbocycles. The molecule has 0 saturated carbocycles. The molecule has 2 aromatic rings. The first-order valence-electron chi connectivity index (χ1n) is 6.18. The van der Waals surface area contributed by atoms with E-state index in [0.29, 0.717) is 29.9 Å². The number of rotatable bonds is 3. The highest BCUT2D eigenvalue weighted by Crippen LogP contribution is 2.35. The highest BCUT2D eigenvalue weighted by atomic mass is 35.5. The Morgan fingerprint density at radius 3 is 2.40 bits per heavy atom. The molecule has 1 fully saturated rings. The van der Waals surface area contributed by atoms with Crippen molar-refractivity contribution in [2.75, 3.05) is 27.4 Å². The second kappa shape index (κ2) is 5.44. The molecular weight excluding hydrogens is 282 g/mol. The number of halogens is 1. The van der Waals surface area contributed by atoms with Crippen LogP contribution in [0, 0.1) is 0 Å². The van der Waals surface area contributed by atoms with E-state index < -0.39 is 6.29 Å². The second-order valence-corrected chi connectivity index (χ2v) is 4.70. The van der Waals surface area contributed by atoms with Gasteiger partial charge in [0.1, 0.15) is 5.15 Å². The van der Waals surface area contributed by atoms with Crippen LogP contribution in [-0.2, 0) is 9.47 Å². The first-order valence-corrected chi connectivity index (χ1v) is 6.56. The van der Waals surface area contributed by atoms with Crippen LogP contribution in [0.25, 0.3) is 10.9 Å². The van der Waals surface area contributed by atoms with Crippen molar-refractivity contribution in [1.82, 2.24) is 4.98 Å². The molecule has 3 rings (SSSR count). The molecule has 0 aliphatic carbocycles. The van der Waals surface area contributed by atoms with Gasteiger partial charge in [0.25, 0.3) is 0 Å². The third kappa shape index (κ3) is 2.28. The predicted molar refractivity (Wildman–Crippen MR) is 74.5 cm³/mol. The molecule has 5 nitrogen and oxygen atoms in total. The Kier molecular flexibility index (Phi) is 3.65. The molecule has 1 aliphatic rings. The zero-order chi connectivity index (χ0) is 14.1. The number of hydrogen-bond donors (Lipinski definition) is 0. The molecule has 2 heterocycles. The van der Waals surface area contributed by atoms with Gasteiger partial charge in [0.05, 0.1) is 33.0 Å². The summed E-state index contributed by atoms with van der Waals surface area (Å²) in [4.78, 5) is 4.37. The molecule has 1 aromatic heterocycles. The predicted octanol–water partition coefficient (Wildman–Crippen LogP) is 2.95. The Hall–Kier alpha value is -1.56. The lowest BCUT2D eigenvalue weighted by Gasteiger charge is -2.13. The molecule has 0 unspecified atom stereocenters. The Morgan fingerprint density at radius 2 is 1.75 bits per heavy atom. The molecule has 20 heavy (non-hydrogen) atoms. The molecule has 0 spiro atoms. The molecule has 0 N–H and O–H groups in total. The van der Waals surface area contributed by atoms with Crippen LogP contribution in [0.4, 0.5) is 0 Å². The number of pyridine rings is 1. The second-order valence-electron chi connectivity index (χ2n) is 4.34. The molecule has 6 heteroatoms. The minimum atomic E-state index is -0.451. The van der Waals surface area contributed by atoms with Crippen molar-refractivity contribution in [2.24, 2.45) is 0 Å². The molecule has 0 amide bonds. The summed E-state index contributed by atoms with van der Waals surface area (Å²) < 4.78 is 21.5. The SMILES string of the molecule is COc1cc2cc(C3OCCO3)c(Cl)nc2cc1OC. The monoisotopic (exact) mass is 295 g/mol. The van der Waals surface area contributed by atoms with Crippen molar-refractivity contribution in [1.29, 1.82) is 0 Å². The highest BCUT2D eigenvalue weighted by Gasteiger charge is 2.22. The van der Waals surface area contributed by atoms with Crippen LogP contribution in [0.5, 0.6) is 11.5 Å². The van der Waals surface area contributed by atoms with E-state index in [0.717, 1.165) is 16.5 Å². The number of benzene rings is 1. The quantitative estimate of drug-likeness (QED) is 0.815. The Bertz CT molecular complexity index is 641. The van der Waals surface area contributed by atoms with Gasteiger partial charge in [0.15, 0.2) is 17.8 Å². The third-order valence-electron chi connectivity index (χ3n) is 3.18. The van der Waals surface area contributed by atoms with Gasteiger partial charge in [-0.25, -0.2) is 4.98 Å². The fraction of sp³-hybridized carbons (Fsp3) is 0.357. The maximum Gasteiger partial charge on any atom is 0.187 e. The first-order chi connectivity index (χ1) is 9.72. The van der Waals surface area contributed by atoms with Crippen molar-refractivity contribution < 1.29 is 18.9 Å². The van der Waals surface area contributed by atoms with E-state index >= 15 is 0 Å². The fourth-order valence-corrected chi connectivity index (χ4v) is 2.43. The van der Waals surface area contributed by atoms with E-state index in [-0.39, 0.29) is 0 Å². The number of hydrogen-bond acceptors (Lipinski definition) is 5. The number of methoxy groups -OCH3 is 2. The summed E-state index contributed by atoms with van der Waals surface area (Å²) in [6, 6.07) is 5.55. The minimum absolute atomic E-state index is 0.372. The Labute approximate surface area is 121 Å². The van der Waals surface area contributed by atoms with Gasteiger partial charge < -0.3 is 18.9 Å². The molecule has 106 valence electrons. The van der Waals surface area contributed by atoms with Crippen molar-refractivity contribution in [3.05, 3.63) is 28.9 Å². The summed E-state index contributed by atoms with van der Waals surface area (Å²) in [5.41, 5.74) is 1.46. The maximum atomic E-state index is 6.21. The van der Waals surface area contributed by atoms with E-state index in [1.165, 1.54) is 0 Å². The lowest BCUT2D eigenvalue weighted by molar-refractivity contribution is -0.0441. The fourth-order valence-electron chi connectivity index (χ4n) is 2.20. The van der Waals surface area contributed by atoms with Crippen molar-refractivity contribution in [2.45, 2.75) is 6.29 Å². The Morgan fingerprint density at radius 1 is 1.10 bits per heavy atom. The van der Waals surface area contributed by atoms with Crippen molar-refractivity contribution >= 4 is 22.5 Å². The third-order valence-corrected chi connectivity index (χ3v) is 3.48. The van der Waals surface area contributed by atoms with Gasteiger partial charge in [0, 0.05) is 17.0 Å². The normalized spacial score (nSPS) is 15.8. The smallest absolute Gasteiger partial charge is 0.187 e. The summed E-state index contributed by atoms with van der Waals surface area (Å²) >= 11 is 6.21. The van der Waals surface area contributed by atoms with Crippen LogP contribution >= 0.6 is 11.6 Å². The number of fused-ring (bicyclic) bond motifs is 1. The van der Waals surface area contributed by atoms with Crippen LogP contribution in [0.2, 0.25) is 5.15 Å². The number of aromatic nitrogens is 1. The summed E-state index contributed by atoms with van der Waals surface area (Å²) in [6.07, 6.45) is -0.451. The van der Waals surface area contributed by atoms with E-state index in [1.54, 1.807) is 20.3 Å². The largest absolute Gasteiger partial charge is 0.493 e. The standard InChI is InChI=1S/C14H14ClNO4/c1-17-11-6-8-5-9(14-19-3-4-20-14)13(15)16-10(8)7-12(11)18-2/h5-7,14H,3-4H2,1-2H3. The van der Waals surface area contributed by atoms with Crippen LogP contribution < -0.4 is 9.47 Å². The molecule has 1 aliphatic heterocycles. The van der Waals surface area contributed by atoms with E-state index in [1.807, 2.05) is 12.1 Å². The van der Waals surface area contributed by atoms with Gasteiger partial charge in [-0.3, -0.25) is 0 Å². The molecular formula is C14H14ClNO4. The average Bonchev–Trinajstić information content (AvgIpc) is 2.99. The van der Waals surface area contributed by atoms with Gasteiger partial charge in [-0.05, 0) is 12.1 Å². The highest BCUT2D eigenvalue weighted by molar-refractivity contribution is 6.30. The van der Waals surface area contributed by atoms with E-state index in [2.05, 4.69) is 4.98 Å². The molecule has 1 saturated heterocycles. The van der Waals surface area contributed by atoms with Gasteiger partial charge >= 0.3 is 0 Å². The van der Waals surface area contributed by atoms with Gasteiger partial charge in [0.2, 0.25) is 0 Å². The average molecular weight is 296 g/mol. The van der Waals surface area contributed by atoms with E-state index in [4.69, 9.17) is 30.5 Å². The number of ether oxygens (including phenoxy) is 4. The van der Waals surface area contributed by atoms with Crippen LogP contribution in [-0.4, -0.2) is 32.4 Å². The zero-order valence-corrected chi connectivity index (χ0v) is 11.9. The summed E-state index contributed by atoms with van der Waals surface area (Å²) in [5.74, 6) is 1.26. The molecule has 0 bridgehead atoms. The summed E-state index contributed by atoms with van der Waals surface area (Å²) in [6.45, 7) is 1.12. The lowest BCUT2D eigenvalue weighted by Crippen LogP contribution is -2.01. The zero-order valence-electron chi connectivity index (χ0n) is 11.2. The van der Waals surface area contributed by atoms with Crippen molar-refractivity contribution in [3.63, 3.8) is 0 Å². The maximum absolute atomic E-state index is 6.21. The van der Waals surface area contributed by atoms with Gasteiger partial charge in [-0.2, -0.15) is 0 Å². The minimum Gasteiger partial charge on any atom is -0.493 e. The van der Waals surface area contributed by atoms with Crippen LogP contribution in [0.3, 0.4) is 0 Å². The van der Waals surface area contributed by atoms with Crippen LogP contribution in [0.15, 0.2) is 18.2 Å². The van der Waals surface area contributed by atoms with Crippen molar-refractivity contribution in [3.8, 4) is 11.5 Å². The number of nitrogens with zero attached hydrogens (tertiary/aromatic N) is 1. The first kappa shape index (κ1) is 13.4. The molecule has 0 atom stereocenters. The lowest BCUT2D eigenvalue weighted by atomic mass is 10.1. The van der Waals surface area contributed by atoms with Crippen LogP contribution in [0.1, 0.15) is 11.9 Å². The summed E-state index contributed by atoms with van der Waals surface area (Å²) in [7, 11) is 3.18. The van der Waals surface area contributed by atoms with Gasteiger partial charge in [-0.1, -0.05) is 11.6 Å². The van der Waals surface area contributed by atoms with Gasteiger partial charge in [-0.15, -0.1) is 0 Å².